The highest BCUT2D eigenvalue weighted by molar-refractivity contribution is 6.34. The summed E-state index contributed by atoms with van der Waals surface area (Å²) in [6.07, 6.45) is 0.693. The Balaban J connectivity index is 2.31. The predicted octanol–water partition coefficient (Wildman–Crippen LogP) is 3.93. The molecule has 2 aromatic carbocycles. The minimum absolute atomic E-state index is 0.684. The quantitative estimate of drug-likeness (QED) is 0.602. The van der Waals surface area contributed by atoms with Gasteiger partial charge in [-0.1, -0.05) is 65.3 Å². The van der Waals surface area contributed by atoms with Gasteiger partial charge in [0.1, 0.15) is 7.11 Å². The van der Waals surface area contributed by atoms with Gasteiger partial charge in [-0.15, -0.1) is 0 Å². The third-order valence-corrected chi connectivity index (χ3v) is 2.93. The van der Waals surface area contributed by atoms with Crippen molar-refractivity contribution in [1.29, 1.82) is 0 Å². The molecule has 0 unspecified atom stereocenters. The first-order valence-electron chi connectivity index (χ1n) is 5.70. The number of hydrogen-bond donors (Lipinski definition) is 0. The van der Waals surface area contributed by atoms with Crippen LogP contribution in [-0.4, -0.2) is 12.8 Å². The zero-order chi connectivity index (χ0) is 12.8. The molecule has 2 nitrogen and oxygen atoms in total. The van der Waals surface area contributed by atoms with Crippen LogP contribution < -0.4 is 0 Å². The van der Waals surface area contributed by atoms with E-state index in [9.17, 15) is 0 Å². The van der Waals surface area contributed by atoms with Crippen molar-refractivity contribution < 1.29 is 4.84 Å². The molecule has 92 valence electrons. The number of rotatable bonds is 4. The van der Waals surface area contributed by atoms with Crippen molar-refractivity contribution in [3.63, 3.8) is 0 Å². The molecule has 0 saturated carbocycles. The van der Waals surface area contributed by atoms with E-state index in [2.05, 4.69) is 17.3 Å². The highest BCUT2D eigenvalue weighted by Crippen LogP contribution is 2.18. The van der Waals surface area contributed by atoms with Gasteiger partial charge in [-0.25, -0.2) is 0 Å². The summed E-state index contributed by atoms with van der Waals surface area (Å²) in [7, 11) is 1.54. The number of hydrogen-bond acceptors (Lipinski definition) is 2. The fraction of sp³-hybridized carbons (Fsp3) is 0.133. The lowest BCUT2D eigenvalue weighted by molar-refractivity contribution is 0.213. The molecule has 0 fully saturated rings. The summed E-state index contributed by atoms with van der Waals surface area (Å²) in [5.74, 6) is 0. The Morgan fingerprint density at radius 2 is 1.72 bits per heavy atom. The van der Waals surface area contributed by atoms with Gasteiger partial charge in [0.2, 0.25) is 0 Å². The van der Waals surface area contributed by atoms with Crippen LogP contribution in [0.1, 0.15) is 11.1 Å². The predicted molar refractivity (Wildman–Crippen MR) is 75.1 cm³/mol. The highest BCUT2D eigenvalue weighted by atomic mass is 35.5. The van der Waals surface area contributed by atoms with E-state index in [1.54, 1.807) is 7.11 Å². The molecule has 0 aliphatic rings. The van der Waals surface area contributed by atoms with Gasteiger partial charge in [-0.3, -0.25) is 0 Å². The Morgan fingerprint density at radius 1 is 1.06 bits per heavy atom. The first-order chi connectivity index (χ1) is 8.81. The molecule has 0 amide bonds. The molecule has 0 atom stereocenters. The number of oxime groups is 1. The first kappa shape index (κ1) is 12.7. The molecule has 0 heterocycles. The van der Waals surface area contributed by atoms with Crippen LogP contribution >= 0.6 is 11.6 Å². The Morgan fingerprint density at radius 3 is 2.39 bits per heavy atom. The van der Waals surface area contributed by atoms with Gasteiger partial charge >= 0.3 is 0 Å². The lowest BCUT2D eigenvalue weighted by Crippen LogP contribution is -2.06. The van der Waals surface area contributed by atoms with Crippen LogP contribution in [0.4, 0.5) is 0 Å². The van der Waals surface area contributed by atoms with E-state index in [4.69, 9.17) is 16.4 Å². The molecule has 0 saturated heterocycles. The molecule has 0 bridgehead atoms. The smallest absolute Gasteiger partial charge is 0.106 e. The zero-order valence-corrected chi connectivity index (χ0v) is 10.9. The van der Waals surface area contributed by atoms with Crippen molar-refractivity contribution >= 4 is 17.3 Å². The van der Waals surface area contributed by atoms with E-state index in [-0.39, 0.29) is 0 Å². The molecule has 3 heteroatoms. The maximum Gasteiger partial charge on any atom is 0.106 e. The summed E-state index contributed by atoms with van der Waals surface area (Å²) in [5.41, 5.74) is 2.91. The summed E-state index contributed by atoms with van der Waals surface area (Å²) in [6, 6.07) is 17.8. The highest BCUT2D eigenvalue weighted by Gasteiger charge is 2.09. The van der Waals surface area contributed by atoms with Crippen molar-refractivity contribution in [2.45, 2.75) is 6.42 Å². The summed E-state index contributed by atoms with van der Waals surface area (Å²) in [6.45, 7) is 0. The van der Waals surface area contributed by atoms with Gasteiger partial charge in [0.25, 0.3) is 0 Å². The van der Waals surface area contributed by atoms with Crippen molar-refractivity contribution in [1.82, 2.24) is 0 Å². The van der Waals surface area contributed by atoms with E-state index in [1.165, 1.54) is 5.56 Å². The molecule has 0 spiro atoms. The Hall–Kier alpha value is -1.80. The maximum absolute atomic E-state index is 6.18. The molecular weight excluding hydrogens is 246 g/mol. The topological polar surface area (TPSA) is 21.6 Å². The fourth-order valence-corrected chi connectivity index (χ4v) is 2.02. The normalized spacial score (nSPS) is 11.3. The van der Waals surface area contributed by atoms with E-state index in [0.717, 1.165) is 11.3 Å². The molecule has 0 radical (unpaired) electrons. The number of nitrogens with zero attached hydrogens (tertiary/aromatic N) is 1. The maximum atomic E-state index is 6.18. The van der Waals surface area contributed by atoms with Crippen LogP contribution in [0.15, 0.2) is 59.8 Å². The average molecular weight is 260 g/mol. The van der Waals surface area contributed by atoms with Crippen LogP contribution in [0.5, 0.6) is 0 Å². The van der Waals surface area contributed by atoms with Crippen molar-refractivity contribution in [2.24, 2.45) is 5.16 Å². The van der Waals surface area contributed by atoms with Crippen LogP contribution in [-0.2, 0) is 11.3 Å². The Kier molecular flexibility index (Phi) is 4.37. The van der Waals surface area contributed by atoms with Gasteiger partial charge in [0.05, 0.1) is 5.71 Å². The molecule has 0 N–H and O–H groups in total. The summed E-state index contributed by atoms with van der Waals surface area (Å²) in [5, 5.41) is 4.77. The number of benzene rings is 2. The second kappa shape index (κ2) is 6.22. The Labute approximate surface area is 112 Å². The zero-order valence-electron chi connectivity index (χ0n) is 10.1. The third-order valence-electron chi connectivity index (χ3n) is 2.60. The summed E-state index contributed by atoms with van der Waals surface area (Å²) < 4.78 is 0. The van der Waals surface area contributed by atoms with E-state index >= 15 is 0 Å². The van der Waals surface area contributed by atoms with Gasteiger partial charge in [0, 0.05) is 17.0 Å². The van der Waals surface area contributed by atoms with E-state index < -0.39 is 0 Å². The SMILES string of the molecule is CO/N=C(\Cc1ccccc1)c1ccccc1Cl. The molecule has 2 aromatic rings. The molecular formula is C15H14ClNO. The molecule has 18 heavy (non-hydrogen) atoms. The Bertz CT molecular complexity index is 537. The van der Waals surface area contributed by atoms with Gasteiger partial charge < -0.3 is 4.84 Å². The standard InChI is InChI=1S/C15H14ClNO/c1-18-17-15(11-12-7-3-2-4-8-12)13-9-5-6-10-14(13)16/h2-10H,11H2,1H3/b17-15+. The van der Waals surface area contributed by atoms with Crippen molar-refractivity contribution in [3.05, 3.63) is 70.7 Å². The first-order valence-corrected chi connectivity index (χ1v) is 6.08. The molecule has 0 aliphatic carbocycles. The van der Waals surface area contributed by atoms with Crippen LogP contribution in [0, 0.1) is 0 Å². The second-order valence-electron chi connectivity index (χ2n) is 3.86. The minimum atomic E-state index is 0.684. The van der Waals surface area contributed by atoms with Crippen LogP contribution in [0.25, 0.3) is 0 Å². The minimum Gasteiger partial charge on any atom is -0.399 e. The second-order valence-corrected chi connectivity index (χ2v) is 4.27. The third kappa shape index (κ3) is 3.11. The lowest BCUT2D eigenvalue weighted by Gasteiger charge is -2.08. The number of halogens is 1. The van der Waals surface area contributed by atoms with Gasteiger partial charge in [0.15, 0.2) is 0 Å². The largest absolute Gasteiger partial charge is 0.399 e. The van der Waals surface area contributed by atoms with E-state index in [0.29, 0.717) is 11.4 Å². The monoisotopic (exact) mass is 259 g/mol. The molecule has 0 aromatic heterocycles. The van der Waals surface area contributed by atoms with Crippen molar-refractivity contribution in [3.8, 4) is 0 Å². The average Bonchev–Trinajstić information content (AvgIpc) is 2.40. The van der Waals surface area contributed by atoms with Gasteiger partial charge in [-0.05, 0) is 11.6 Å². The lowest BCUT2D eigenvalue weighted by atomic mass is 10.0. The van der Waals surface area contributed by atoms with Crippen LogP contribution in [0.3, 0.4) is 0 Å². The fourth-order valence-electron chi connectivity index (χ4n) is 1.77. The summed E-state index contributed by atoms with van der Waals surface area (Å²) >= 11 is 6.18. The van der Waals surface area contributed by atoms with Gasteiger partial charge in [-0.2, -0.15) is 0 Å². The molecule has 2 rings (SSSR count). The summed E-state index contributed by atoms with van der Waals surface area (Å²) in [4.78, 5) is 4.91. The van der Waals surface area contributed by atoms with Crippen molar-refractivity contribution in [2.75, 3.05) is 7.11 Å². The van der Waals surface area contributed by atoms with E-state index in [1.807, 2.05) is 42.5 Å². The molecule has 0 aliphatic heterocycles. The van der Waals surface area contributed by atoms with Crippen LogP contribution in [0.2, 0.25) is 5.02 Å².